The van der Waals surface area contributed by atoms with E-state index in [9.17, 15) is 14.0 Å². The number of nitrogens with one attached hydrogen (secondary N) is 1. The number of hydrogen-bond acceptors (Lipinski definition) is 5. The van der Waals surface area contributed by atoms with Gasteiger partial charge in [0.1, 0.15) is 24.8 Å². The zero-order chi connectivity index (χ0) is 23.3. The lowest BCUT2D eigenvalue weighted by atomic mass is 9.79. The maximum Gasteiger partial charge on any atom is 0.246 e. The second-order valence-electron chi connectivity index (χ2n) is 10.8. The highest BCUT2D eigenvalue weighted by atomic mass is 19.1. The Balaban J connectivity index is 1.35. The van der Waals surface area contributed by atoms with E-state index in [2.05, 4.69) is 5.32 Å². The van der Waals surface area contributed by atoms with Crippen molar-refractivity contribution in [1.29, 1.82) is 0 Å². The fraction of sp³-hybridized carbons (Fsp3) is 0.692. The maximum atomic E-state index is 14.9. The molecule has 7 nitrogen and oxygen atoms in total. The quantitative estimate of drug-likeness (QED) is 0.628. The molecule has 1 aromatic rings. The molecule has 2 saturated carbocycles. The fourth-order valence-electron chi connectivity index (χ4n) is 6.54. The highest BCUT2D eigenvalue weighted by Gasteiger charge is 2.57. The molecule has 34 heavy (non-hydrogen) atoms. The summed E-state index contributed by atoms with van der Waals surface area (Å²) in [6.45, 7) is 1.69. The van der Waals surface area contributed by atoms with Crippen molar-refractivity contribution in [2.75, 3.05) is 33.0 Å². The average molecular weight is 473 g/mol. The lowest BCUT2D eigenvalue weighted by Crippen LogP contribution is -2.72. The minimum Gasteiger partial charge on any atom is -0.492 e. The summed E-state index contributed by atoms with van der Waals surface area (Å²) < 4.78 is 33.3. The van der Waals surface area contributed by atoms with E-state index in [1.165, 1.54) is 6.07 Å². The van der Waals surface area contributed by atoms with Gasteiger partial charge in [-0.05, 0) is 69.4 Å². The molecule has 0 unspecified atom stereocenters. The lowest BCUT2D eigenvalue weighted by molar-refractivity contribution is -0.159. The first-order chi connectivity index (χ1) is 16.5. The van der Waals surface area contributed by atoms with E-state index < -0.39 is 11.0 Å². The van der Waals surface area contributed by atoms with Gasteiger partial charge in [-0.15, -0.1) is 0 Å². The zero-order valence-corrected chi connectivity index (χ0v) is 19.5. The summed E-state index contributed by atoms with van der Waals surface area (Å²) >= 11 is 0. The standard InChI is InChI=1S/C26H33FN2O5/c27-19-3-1-4-20-23(19)17-5-7-18(8-6-17)33-13-21-26(16-32-14-22(30)28-26)9-2-12-29(21)24(31)25(10-11-25)15-34-20/h1,3-4,17-18,21H,2,5-16H2,(H,28,30)/t17-,18+,21-,26+/m1/s1. The summed E-state index contributed by atoms with van der Waals surface area (Å²) in [5.41, 5.74) is -0.564. The Morgan fingerprint density at radius 1 is 1.06 bits per heavy atom. The van der Waals surface area contributed by atoms with Gasteiger partial charge < -0.3 is 24.4 Å². The van der Waals surface area contributed by atoms with E-state index in [1.807, 2.05) is 11.0 Å². The molecular weight excluding hydrogens is 439 g/mol. The molecule has 1 aromatic carbocycles. The van der Waals surface area contributed by atoms with Crippen molar-refractivity contribution in [3.05, 3.63) is 29.6 Å². The van der Waals surface area contributed by atoms with Crippen molar-refractivity contribution in [2.45, 2.75) is 75.0 Å². The zero-order valence-electron chi connectivity index (χ0n) is 19.5. The Bertz CT molecular complexity index is 970. The highest BCUT2D eigenvalue weighted by Crippen LogP contribution is 2.50. The van der Waals surface area contributed by atoms with Gasteiger partial charge in [-0.2, -0.15) is 0 Å². The third-order valence-electron chi connectivity index (χ3n) is 8.67. The van der Waals surface area contributed by atoms with Gasteiger partial charge in [0.15, 0.2) is 0 Å². The second kappa shape index (κ2) is 8.48. The summed E-state index contributed by atoms with van der Waals surface area (Å²) in [5, 5.41) is 3.18. The van der Waals surface area contributed by atoms with Crippen LogP contribution in [0.3, 0.4) is 0 Å². The SMILES string of the molecule is O=C1COC[C@]2(CCCN3C(=O)C4(CC4)COc4cccc(F)c4[C@H]4CC[C@H](CC4)OC[C@@H]32)N1. The van der Waals surface area contributed by atoms with Crippen LogP contribution in [0.4, 0.5) is 4.39 Å². The molecular formula is C26H33FN2O5. The molecule has 7 rings (SSSR count). The van der Waals surface area contributed by atoms with Crippen LogP contribution in [-0.2, 0) is 19.1 Å². The minimum atomic E-state index is -0.621. The number of nitrogens with zero attached hydrogens (tertiary/aromatic N) is 1. The fourth-order valence-corrected chi connectivity index (χ4v) is 6.54. The van der Waals surface area contributed by atoms with E-state index >= 15 is 0 Å². The van der Waals surface area contributed by atoms with Gasteiger partial charge in [-0.1, -0.05) is 6.07 Å². The van der Waals surface area contributed by atoms with Crippen molar-refractivity contribution >= 4 is 11.8 Å². The first-order valence-corrected chi connectivity index (χ1v) is 12.7. The normalized spacial score (nSPS) is 35.2. The number of benzene rings is 1. The third-order valence-corrected chi connectivity index (χ3v) is 8.67. The van der Waals surface area contributed by atoms with Crippen molar-refractivity contribution in [2.24, 2.45) is 5.41 Å². The van der Waals surface area contributed by atoms with Crippen molar-refractivity contribution in [3.8, 4) is 5.75 Å². The van der Waals surface area contributed by atoms with Gasteiger partial charge in [-0.25, -0.2) is 4.39 Å². The molecule has 2 bridgehead atoms. The number of morpholine rings is 1. The molecule has 2 aliphatic carbocycles. The first-order valence-electron chi connectivity index (χ1n) is 12.7. The molecule has 4 heterocycles. The number of fused-ring (bicyclic) bond motifs is 4. The Kier molecular flexibility index (Phi) is 5.56. The summed E-state index contributed by atoms with van der Waals surface area (Å²) in [4.78, 5) is 28.2. The monoisotopic (exact) mass is 472 g/mol. The molecule has 2 spiro atoms. The van der Waals surface area contributed by atoms with E-state index in [-0.39, 0.29) is 48.9 Å². The van der Waals surface area contributed by atoms with Crippen LogP contribution in [0, 0.1) is 11.2 Å². The van der Waals surface area contributed by atoms with E-state index in [4.69, 9.17) is 14.2 Å². The Morgan fingerprint density at radius 3 is 2.65 bits per heavy atom. The molecule has 2 amide bonds. The molecule has 2 saturated heterocycles. The molecule has 8 heteroatoms. The molecule has 4 fully saturated rings. The van der Waals surface area contributed by atoms with Crippen LogP contribution in [0.5, 0.6) is 5.75 Å². The van der Waals surface area contributed by atoms with Gasteiger partial charge >= 0.3 is 0 Å². The molecule has 6 aliphatic rings. The van der Waals surface area contributed by atoms with Gasteiger partial charge in [0.05, 0.1) is 36.3 Å². The van der Waals surface area contributed by atoms with Crippen molar-refractivity contribution in [1.82, 2.24) is 10.2 Å². The Hall–Kier alpha value is -2.19. The number of amides is 2. The van der Waals surface area contributed by atoms with Crippen molar-refractivity contribution < 1.29 is 28.2 Å². The average Bonchev–Trinajstić information content (AvgIpc) is 3.63. The van der Waals surface area contributed by atoms with Crippen LogP contribution in [0.15, 0.2) is 18.2 Å². The number of piperidine rings is 1. The van der Waals surface area contributed by atoms with E-state index in [1.54, 1.807) is 6.07 Å². The highest BCUT2D eigenvalue weighted by molar-refractivity contribution is 5.86. The largest absolute Gasteiger partial charge is 0.492 e. The first kappa shape index (κ1) is 22.3. The molecule has 0 radical (unpaired) electrons. The Labute approximate surface area is 199 Å². The number of rotatable bonds is 0. The minimum absolute atomic E-state index is 0.0557. The van der Waals surface area contributed by atoms with Crippen LogP contribution in [-0.4, -0.2) is 67.4 Å². The topological polar surface area (TPSA) is 77.1 Å². The number of hydrogen-bond donors (Lipinski definition) is 1. The van der Waals surface area contributed by atoms with Crippen LogP contribution in [0.1, 0.15) is 62.8 Å². The van der Waals surface area contributed by atoms with Crippen LogP contribution < -0.4 is 10.1 Å². The van der Waals surface area contributed by atoms with Crippen LogP contribution in [0.25, 0.3) is 0 Å². The lowest BCUT2D eigenvalue weighted by Gasteiger charge is -2.52. The number of halogens is 1. The molecule has 0 aromatic heterocycles. The van der Waals surface area contributed by atoms with Gasteiger partial charge in [-0.3, -0.25) is 9.59 Å². The number of carbonyl (C=O) groups is 2. The summed E-state index contributed by atoms with van der Waals surface area (Å²) in [7, 11) is 0. The van der Waals surface area contributed by atoms with Crippen LogP contribution >= 0.6 is 0 Å². The molecule has 1 N–H and O–H groups in total. The van der Waals surface area contributed by atoms with Crippen LogP contribution in [0.2, 0.25) is 0 Å². The smallest absolute Gasteiger partial charge is 0.246 e. The number of carbonyl (C=O) groups excluding carboxylic acids is 2. The summed E-state index contributed by atoms with van der Waals surface area (Å²) in [6.07, 6.45) is 6.46. The second-order valence-corrected chi connectivity index (χ2v) is 10.8. The predicted octanol–water partition coefficient (Wildman–Crippen LogP) is 2.92. The van der Waals surface area contributed by atoms with Gasteiger partial charge in [0.25, 0.3) is 0 Å². The molecule has 4 aliphatic heterocycles. The van der Waals surface area contributed by atoms with Crippen molar-refractivity contribution in [3.63, 3.8) is 0 Å². The van der Waals surface area contributed by atoms with E-state index in [0.29, 0.717) is 31.1 Å². The predicted molar refractivity (Wildman–Crippen MR) is 121 cm³/mol. The summed E-state index contributed by atoms with van der Waals surface area (Å²) in [6, 6.07) is 4.75. The van der Waals surface area contributed by atoms with E-state index in [0.717, 1.165) is 51.4 Å². The molecule has 2 atom stereocenters. The summed E-state index contributed by atoms with van der Waals surface area (Å²) in [5.74, 6) is 0.355. The Morgan fingerprint density at radius 2 is 1.88 bits per heavy atom. The third kappa shape index (κ3) is 3.79. The van der Waals surface area contributed by atoms with Gasteiger partial charge in [0.2, 0.25) is 11.8 Å². The number of ether oxygens (including phenoxy) is 3. The molecule has 184 valence electrons. The van der Waals surface area contributed by atoms with Gasteiger partial charge in [0, 0.05) is 12.1 Å². The maximum absolute atomic E-state index is 14.9.